The molecule has 5 nitrogen and oxygen atoms in total. The number of benzene rings is 1. The molecule has 104 valence electrons. The van der Waals surface area contributed by atoms with Crippen molar-refractivity contribution >= 4 is 11.9 Å². The lowest BCUT2D eigenvalue weighted by molar-refractivity contribution is 0.669. The van der Waals surface area contributed by atoms with Gasteiger partial charge in [-0.2, -0.15) is 0 Å². The molecular weight excluding hydrogens is 254 g/mol. The van der Waals surface area contributed by atoms with E-state index in [9.17, 15) is 9.59 Å². The molecule has 0 fully saturated rings. The summed E-state index contributed by atoms with van der Waals surface area (Å²) in [5.74, 6) is 0. The largest absolute Gasteiger partial charge is 0.330 e. The van der Waals surface area contributed by atoms with Crippen molar-refractivity contribution in [3.63, 3.8) is 0 Å². The van der Waals surface area contributed by atoms with Crippen molar-refractivity contribution in [3.05, 3.63) is 61.9 Å². The number of hydrogen-bond acceptors (Lipinski definition) is 3. The molecule has 0 N–H and O–H groups in total. The first-order chi connectivity index (χ1) is 9.41. The van der Waals surface area contributed by atoms with Crippen LogP contribution >= 0.6 is 0 Å². The van der Waals surface area contributed by atoms with Crippen molar-refractivity contribution < 1.29 is 0 Å². The molecule has 1 aromatic carbocycles. The highest BCUT2D eigenvalue weighted by Gasteiger charge is 2.10. The van der Waals surface area contributed by atoms with Crippen molar-refractivity contribution in [3.8, 4) is 0 Å². The second-order valence-corrected chi connectivity index (χ2v) is 4.81. The van der Waals surface area contributed by atoms with Crippen LogP contribution in [0.2, 0.25) is 0 Å². The SMILES string of the molecule is Cc1ccc(C=Nc2c(C)n(C)c(=O)n(C)c2=O)cc1. The summed E-state index contributed by atoms with van der Waals surface area (Å²) in [6.07, 6.45) is 1.63. The molecule has 0 radical (unpaired) electrons. The van der Waals surface area contributed by atoms with Crippen molar-refractivity contribution in [2.45, 2.75) is 13.8 Å². The van der Waals surface area contributed by atoms with Gasteiger partial charge in [0.15, 0.2) is 0 Å². The Kier molecular flexibility index (Phi) is 3.70. The normalized spacial score (nSPS) is 11.2. The van der Waals surface area contributed by atoms with Gasteiger partial charge in [-0.3, -0.25) is 13.9 Å². The zero-order valence-electron chi connectivity index (χ0n) is 12.0. The standard InChI is InChI=1S/C15H17N3O2/c1-10-5-7-12(8-6-10)9-16-13-11(2)17(3)15(20)18(4)14(13)19/h5-9H,1-4H3. The van der Waals surface area contributed by atoms with E-state index in [-0.39, 0.29) is 16.9 Å². The molecule has 5 heteroatoms. The summed E-state index contributed by atoms with van der Waals surface area (Å²) in [6, 6.07) is 7.82. The van der Waals surface area contributed by atoms with E-state index >= 15 is 0 Å². The Labute approximate surface area is 116 Å². The number of nitrogens with zero attached hydrogens (tertiary/aromatic N) is 3. The van der Waals surface area contributed by atoms with E-state index in [1.165, 1.54) is 11.6 Å². The molecule has 0 aliphatic carbocycles. The molecule has 0 aliphatic rings. The zero-order chi connectivity index (χ0) is 14.9. The second kappa shape index (κ2) is 5.28. The Hall–Kier alpha value is -2.43. The van der Waals surface area contributed by atoms with Crippen LogP contribution in [0, 0.1) is 13.8 Å². The minimum absolute atomic E-state index is 0.287. The number of aliphatic imine (C=N–C) groups is 1. The first kappa shape index (κ1) is 14.0. The highest BCUT2D eigenvalue weighted by Crippen LogP contribution is 2.10. The van der Waals surface area contributed by atoms with Gasteiger partial charge in [0.1, 0.15) is 5.69 Å². The second-order valence-electron chi connectivity index (χ2n) is 4.81. The average molecular weight is 271 g/mol. The van der Waals surface area contributed by atoms with Gasteiger partial charge in [0.05, 0.1) is 5.69 Å². The van der Waals surface area contributed by atoms with Crippen molar-refractivity contribution in [1.82, 2.24) is 9.13 Å². The third kappa shape index (κ3) is 2.47. The molecule has 1 aromatic heterocycles. The predicted molar refractivity (Wildman–Crippen MR) is 80.1 cm³/mol. The number of hydrogen-bond donors (Lipinski definition) is 0. The third-order valence-corrected chi connectivity index (χ3v) is 3.35. The van der Waals surface area contributed by atoms with Crippen LogP contribution in [0.1, 0.15) is 16.8 Å². The van der Waals surface area contributed by atoms with E-state index in [4.69, 9.17) is 0 Å². The van der Waals surface area contributed by atoms with Crippen LogP contribution in [0.3, 0.4) is 0 Å². The number of aromatic nitrogens is 2. The molecular formula is C15H17N3O2. The van der Waals surface area contributed by atoms with Crippen molar-refractivity contribution in [2.75, 3.05) is 0 Å². The van der Waals surface area contributed by atoms with Crippen molar-refractivity contribution in [1.29, 1.82) is 0 Å². The first-order valence-electron chi connectivity index (χ1n) is 6.29. The maximum absolute atomic E-state index is 12.1. The highest BCUT2D eigenvalue weighted by atomic mass is 16.2. The lowest BCUT2D eigenvalue weighted by atomic mass is 10.2. The van der Waals surface area contributed by atoms with Gasteiger partial charge < -0.3 is 0 Å². The van der Waals surface area contributed by atoms with E-state index in [1.54, 1.807) is 20.2 Å². The lowest BCUT2D eigenvalue weighted by Gasteiger charge is -2.08. The molecule has 2 rings (SSSR count). The summed E-state index contributed by atoms with van der Waals surface area (Å²) in [7, 11) is 3.08. The summed E-state index contributed by atoms with van der Waals surface area (Å²) in [5, 5.41) is 0. The monoisotopic (exact) mass is 271 g/mol. The highest BCUT2D eigenvalue weighted by molar-refractivity contribution is 5.82. The molecule has 0 aliphatic heterocycles. The van der Waals surface area contributed by atoms with Gasteiger partial charge in [0.25, 0.3) is 5.56 Å². The van der Waals surface area contributed by atoms with E-state index < -0.39 is 0 Å². The van der Waals surface area contributed by atoms with Crippen LogP contribution in [0.5, 0.6) is 0 Å². The summed E-state index contributed by atoms with van der Waals surface area (Å²) in [4.78, 5) is 28.1. The Morgan fingerprint density at radius 2 is 1.60 bits per heavy atom. The molecule has 0 unspecified atom stereocenters. The third-order valence-electron chi connectivity index (χ3n) is 3.35. The lowest BCUT2D eigenvalue weighted by Crippen LogP contribution is -2.37. The van der Waals surface area contributed by atoms with Crippen LogP contribution in [0.15, 0.2) is 38.8 Å². The fraction of sp³-hybridized carbons (Fsp3) is 0.267. The van der Waals surface area contributed by atoms with Gasteiger partial charge in [0.2, 0.25) is 0 Å². The van der Waals surface area contributed by atoms with E-state index in [0.29, 0.717) is 5.69 Å². The van der Waals surface area contributed by atoms with Crippen LogP contribution in [-0.2, 0) is 14.1 Å². The summed E-state index contributed by atoms with van der Waals surface area (Å²) in [5.41, 5.74) is 2.19. The van der Waals surface area contributed by atoms with Gasteiger partial charge in [-0.1, -0.05) is 29.8 Å². The van der Waals surface area contributed by atoms with Gasteiger partial charge in [-0.05, 0) is 19.4 Å². The van der Waals surface area contributed by atoms with Gasteiger partial charge in [0, 0.05) is 20.3 Å². The number of rotatable bonds is 2. The van der Waals surface area contributed by atoms with Crippen molar-refractivity contribution in [2.24, 2.45) is 19.1 Å². The van der Waals surface area contributed by atoms with Crippen LogP contribution in [0.25, 0.3) is 0 Å². The van der Waals surface area contributed by atoms with Gasteiger partial charge >= 0.3 is 5.69 Å². The first-order valence-corrected chi connectivity index (χ1v) is 6.29. The van der Waals surface area contributed by atoms with E-state index in [1.807, 2.05) is 31.2 Å². The topological polar surface area (TPSA) is 56.4 Å². The predicted octanol–water partition coefficient (Wildman–Crippen LogP) is 1.45. The molecule has 0 saturated heterocycles. The van der Waals surface area contributed by atoms with Gasteiger partial charge in [-0.25, -0.2) is 9.79 Å². The molecule has 20 heavy (non-hydrogen) atoms. The summed E-state index contributed by atoms with van der Waals surface area (Å²) < 4.78 is 2.48. The molecule has 1 heterocycles. The Bertz CT molecular complexity index is 780. The maximum Gasteiger partial charge on any atom is 0.330 e. The minimum Gasteiger partial charge on any atom is -0.299 e. The minimum atomic E-state index is -0.381. The van der Waals surface area contributed by atoms with Crippen LogP contribution in [-0.4, -0.2) is 15.3 Å². The molecule has 0 bridgehead atoms. The summed E-state index contributed by atoms with van der Waals surface area (Å²) in [6.45, 7) is 3.72. The van der Waals surface area contributed by atoms with E-state index in [2.05, 4.69) is 4.99 Å². The smallest absolute Gasteiger partial charge is 0.299 e. The van der Waals surface area contributed by atoms with Crippen LogP contribution < -0.4 is 11.2 Å². The molecule has 0 saturated carbocycles. The zero-order valence-corrected chi connectivity index (χ0v) is 12.0. The Morgan fingerprint density at radius 3 is 2.20 bits per heavy atom. The number of aryl methyl sites for hydroxylation is 1. The Balaban J connectivity index is 2.52. The molecule has 2 aromatic rings. The molecule has 0 atom stereocenters. The quantitative estimate of drug-likeness (QED) is 0.776. The van der Waals surface area contributed by atoms with Gasteiger partial charge in [-0.15, -0.1) is 0 Å². The van der Waals surface area contributed by atoms with E-state index in [0.717, 1.165) is 15.7 Å². The fourth-order valence-corrected chi connectivity index (χ4v) is 1.87. The van der Waals surface area contributed by atoms with Crippen LogP contribution in [0.4, 0.5) is 5.69 Å². The fourth-order valence-electron chi connectivity index (χ4n) is 1.87. The summed E-state index contributed by atoms with van der Waals surface area (Å²) >= 11 is 0. The molecule has 0 spiro atoms. The average Bonchev–Trinajstić information content (AvgIpc) is 2.45. The maximum atomic E-state index is 12.1. The Morgan fingerprint density at radius 1 is 1.00 bits per heavy atom. The molecule has 0 amide bonds.